The lowest BCUT2D eigenvalue weighted by molar-refractivity contribution is -0.172. The molecule has 3 aliphatic rings. The Morgan fingerprint density at radius 1 is 1.32 bits per heavy atom. The van der Waals surface area contributed by atoms with Gasteiger partial charge in [-0.15, -0.1) is 0 Å². The van der Waals surface area contributed by atoms with Crippen molar-refractivity contribution in [3.05, 3.63) is 33.9 Å². The predicted octanol–water partition coefficient (Wildman–Crippen LogP) is 3.99. The molecule has 1 aromatic rings. The average Bonchev–Trinajstić information content (AvgIpc) is 2.91. The highest BCUT2D eigenvalue weighted by molar-refractivity contribution is 5.97. The zero-order valence-electron chi connectivity index (χ0n) is 13.9. The van der Waals surface area contributed by atoms with Crippen molar-refractivity contribution in [3.63, 3.8) is 0 Å². The van der Waals surface area contributed by atoms with Crippen LogP contribution in [-0.4, -0.2) is 12.6 Å². The van der Waals surface area contributed by atoms with Crippen molar-refractivity contribution in [1.29, 1.82) is 0 Å². The van der Waals surface area contributed by atoms with Gasteiger partial charge in [0, 0.05) is 12.0 Å². The molecule has 22 heavy (non-hydrogen) atoms. The van der Waals surface area contributed by atoms with Gasteiger partial charge in [-0.2, -0.15) is 0 Å². The molecule has 1 aliphatic carbocycles. The maximum atomic E-state index is 12.6. The molecule has 0 radical (unpaired) electrons. The van der Waals surface area contributed by atoms with Crippen LogP contribution in [0.2, 0.25) is 0 Å². The zero-order chi connectivity index (χ0) is 15.7. The van der Waals surface area contributed by atoms with Crippen LogP contribution in [-0.2, 0) is 27.1 Å². The van der Waals surface area contributed by atoms with Crippen molar-refractivity contribution in [3.8, 4) is 0 Å². The molecular formula is C19H24O3. The number of ether oxygens (including phenoxy) is 2. The van der Waals surface area contributed by atoms with Crippen LogP contribution in [0.5, 0.6) is 0 Å². The number of hydrogen-bond donors (Lipinski definition) is 0. The molecule has 4 rings (SSSR count). The van der Waals surface area contributed by atoms with Gasteiger partial charge in [0.05, 0.1) is 12.2 Å². The maximum absolute atomic E-state index is 12.6. The first-order valence-electron chi connectivity index (χ1n) is 8.39. The molecule has 2 atom stereocenters. The number of esters is 1. The Kier molecular flexibility index (Phi) is 2.82. The Morgan fingerprint density at radius 2 is 2.09 bits per heavy atom. The number of rotatable bonds is 0. The Morgan fingerprint density at radius 3 is 2.77 bits per heavy atom. The molecule has 1 saturated heterocycles. The van der Waals surface area contributed by atoms with E-state index < -0.39 is 5.79 Å². The molecule has 0 aromatic heterocycles. The molecule has 0 unspecified atom stereocenters. The molecule has 0 amide bonds. The van der Waals surface area contributed by atoms with E-state index >= 15 is 0 Å². The highest BCUT2D eigenvalue weighted by Gasteiger charge is 2.53. The highest BCUT2D eigenvalue weighted by atomic mass is 16.7. The predicted molar refractivity (Wildman–Crippen MR) is 84.0 cm³/mol. The first kappa shape index (κ1) is 14.3. The quantitative estimate of drug-likeness (QED) is 0.680. The zero-order valence-corrected chi connectivity index (χ0v) is 13.9. The highest BCUT2D eigenvalue weighted by Crippen LogP contribution is 2.51. The Bertz CT molecular complexity index is 674. The van der Waals surface area contributed by atoms with Crippen LogP contribution in [0.25, 0.3) is 0 Å². The van der Waals surface area contributed by atoms with E-state index in [2.05, 4.69) is 33.8 Å². The molecule has 2 aliphatic heterocycles. The Labute approximate surface area is 132 Å². The van der Waals surface area contributed by atoms with Crippen LogP contribution in [0.15, 0.2) is 6.07 Å². The summed E-state index contributed by atoms with van der Waals surface area (Å²) in [6, 6.07) is 2.16. The van der Waals surface area contributed by atoms with E-state index in [-0.39, 0.29) is 11.4 Å². The summed E-state index contributed by atoms with van der Waals surface area (Å²) < 4.78 is 11.7. The molecule has 3 nitrogen and oxygen atoms in total. The number of aryl methyl sites for hydroxylation is 1. The summed E-state index contributed by atoms with van der Waals surface area (Å²) in [5.41, 5.74) is 5.78. The molecule has 0 saturated carbocycles. The van der Waals surface area contributed by atoms with Gasteiger partial charge in [0.15, 0.2) is 0 Å². The molecule has 1 fully saturated rings. The van der Waals surface area contributed by atoms with Gasteiger partial charge in [0.2, 0.25) is 5.79 Å². The molecule has 2 heterocycles. The number of benzene rings is 1. The van der Waals surface area contributed by atoms with Crippen LogP contribution < -0.4 is 0 Å². The fourth-order valence-electron chi connectivity index (χ4n) is 4.81. The van der Waals surface area contributed by atoms with E-state index in [1.807, 2.05) is 0 Å². The molecule has 0 N–H and O–H groups in total. The monoisotopic (exact) mass is 300 g/mol. The van der Waals surface area contributed by atoms with E-state index in [1.165, 1.54) is 23.1 Å². The van der Waals surface area contributed by atoms with Crippen molar-refractivity contribution in [1.82, 2.24) is 0 Å². The molecular weight excluding hydrogens is 276 g/mol. The lowest BCUT2D eigenvalue weighted by atomic mass is 9.69. The van der Waals surface area contributed by atoms with Gasteiger partial charge in [-0.3, -0.25) is 0 Å². The van der Waals surface area contributed by atoms with Crippen molar-refractivity contribution in [2.75, 3.05) is 6.61 Å². The van der Waals surface area contributed by atoms with Gasteiger partial charge in [-0.05, 0) is 60.3 Å². The van der Waals surface area contributed by atoms with E-state index in [0.29, 0.717) is 12.5 Å². The van der Waals surface area contributed by atoms with Gasteiger partial charge >= 0.3 is 5.97 Å². The van der Waals surface area contributed by atoms with Gasteiger partial charge in [0.1, 0.15) is 0 Å². The van der Waals surface area contributed by atoms with E-state index in [9.17, 15) is 4.79 Å². The summed E-state index contributed by atoms with van der Waals surface area (Å²) in [4.78, 5) is 12.6. The third-order valence-corrected chi connectivity index (χ3v) is 5.62. The minimum absolute atomic E-state index is 0.132. The number of carbonyl (C=O) groups is 1. The number of hydrogen-bond acceptors (Lipinski definition) is 3. The number of fused-ring (bicyclic) bond motifs is 4. The maximum Gasteiger partial charge on any atom is 0.341 e. The lowest BCUT2D eigenvalue weighted by Gasteiger charge is -2.35. The SMILES string of the molecule is Cc1cc2c(c3c1C(C)(C)CCC3)C(=O)O[C@]21C[C@@H](C)CO1. The van der Waals surface area contributed by atoms with Gasteiger partial charge in [0.25, 0.3) is 0 Å². The summed E-state index contributed by atoms with van der Waals surface area (Å²) in [6.45, 7) is 9.55. The molecule has 3 heteroatoms. The number of carbonyl (C=O) groups excluding carboxylic acids is 1. The average molecular weight is 300 g/mol. The van der Waals surface area contributed by atoms with Gasteiger partial charge in [-0.25, -0.2) is 4.79 Å². The summed E-state index contributed by atoms with van der Waals surface area (Å²) >= 11 is 0. The minimum Gasteiger partial charge on any atom is -0.425 e. The smallest absolute Gasteiger partial charge is 0.341 e. The molecule has 0 bridgehead atoms. The standard InChI is InChI=1S/C19H24O3/c1-11-9-19(21-10-11)14-8-12(2)16-13(15(14)17(20)22-19)6-5-7-18(16,3)4/h8,11H,5-7,9-10H2,1-4H3/t11-,19-/m1/s1. The van der Waals surface area contributed by atoms with Crippen LogP contribution in [0.3, 0.4) is 0 Å². The summed E-state index contributed by atoms with van der Waals surface area (Å²) in [5, 5.41) is 0. The van der Waals surface area contributed by atoms with Crippen molar-refractivity contribution in [2.24, 2.45) is 5.92 Å². The lowest BCUT2D eigenvalue weighted by Crippen LogP contribution is -2.28. The van der Waals surface area contributed by atoms with Gasteiger partial charge in [-0.1, -0.05) is 20.8 Å². The molecule has 1 aromatic carbocycles. The van der Waals surface area contributed by atoms with Crippen LogP contribution >= 0.6 is 0 Å². The van der Waals surface area contributed by atoms with Gasteiger partial charge < -0.3 is 9.47 Å². The minimum atomic E-state index is -0.812. The second-order valence-electron chi connectivity index (χ2n) is 7.97. The summed E-state index contributed by atoms with van der Waals surface area (Å²) in [6.07, 6.45) is 4.05. The van der Waals surface area contributed by atoms with E-state index in [1.54, 1.807) is 0 Å². The fourth-order valence-corrected chi connectivity index (χ4v) is 4.81. The third kappa shape index (κ3) is 1.75. The largest absolute Gasteiger partial charge is 0.425 e. The second-order valence-corrected chi connectivity index (χ2v) is 7.97. The third-order valence-electron chi connectivity index (χ3n) is 5.62. The Hall–Kier alpha value is -1.35. The van der Waals surface area contributed by atoms with Crippen LogP contribution in [0.4, 0.5) is 0 Å². The van der Waals surface area contributed by atoms with E-state index in [4.69, 9.17) is 9.47 Å². The van der Waals surface area contributed by atoms with E-state index in [0.717, 1.165) is 30.4 Å². The second kappa shape index (κ2) is 4.35. The normalized spacial score (nSPS) is 32.0. The van der Waals surface area contributed by atoms with Crippen LogP contribution in [0.1, 0.15) is 72.6 Å². The summed E-state index contributed by atoms with van der Waals surface area (Å²) in [7, 11) is 0. The van der Waals surface area contributed by atoms with Crippen molar-refractivity contribution < 1.29 is 14.3 Å². The van der Waals surface area contributed by atoms with Crippen molar-refractivity contribution in [2.45, 2.75) is 64.6 Å². The van der Waals surface area contributed by atoms with Crippen molar-refractivity contribution >= 4 is 5.97 Å². The summed E-state index contributed by atoms with van der Waals surface area (Å²) in [5.74, 6) is -0.572. The molecule has 1 spiro atoms. The first-order valence-corrected chi connectivity index (χ1v) is 8.39. The fraction of sp³-hybridized carbons (Fsp3) is 0.632. The first-order chi connectivity index (χ1) is 10.3. The topological polar surface area (TPSA) is 35.5 Å². The van der Waals surface area contributed by atoms with Crippen LogP contribution in [0, 0.1) is 12.8 Å². The Balaban J connectivity index is 1.96. The molecule has 118 valence electrons.